The van der Waals surface area contributed by atoms with Crippen molar-refractivity contribution in [1.82, 2.24) is 5.32 Å². The normalized spacial score (nSPS) is 19.2. The Balaban J connectivity index is 1.47. The largest absolute Gasteiger partial charge is 0.457 e. The molecule has 4 heteroatoms. The van der Waals surface area contributed by atoms with Gasteiger partial charge < -0.3 is 10.1 Å². The number of piperidine rings is 1. The molecule has 1 unspecified atom stereocenters. The van der Waals surface area contributed by atoms with Crippen LogP contribution in [0, 0.1) is 5.82 Å². The van der Waals surface area contributed by atoms with E-state index in [4.69, 9.17) is 4.74 Å². The highest BCUT2D eigenvalue weighted by Crippen LogP contribution is 2.29. The van der Waals surface area contributed by atoms with Crippen LogP contribution in [0.2, 0.25) is 0 Å². The van der Waals surface area contributed by atoms with Crippen LogP contribution in [0.1, 0.15) is 28.3 Å². The molecular formula is C24H22FNO2. The molecule has 4 rings (SSSR count). The summed E-state index contributed by atoms with van der Waals surface area (Å²) in [5, 5.41) is 3.28. The molecule has 0 bridgehead atoms. The molecule has 1 fully saturated rings. The lowest BCUT2D eigenvalue weighted by Crippen LogP contribution is -2.42. The standard InChI is InChI=1S/C24H22FNO2/c25-21-12-10-19(11-13-21)22-14-15-26-16-23(22)28-24(27)20-8-6-18(7-9-20)17-4-2-1-3-5-17/h1-13,22-23,26H,14-16H2/t22-,23?/m1/s1. The van der Waals surface area contributed by atoms with Crippen LogP contribution >= 0.6 is 0 Å². The summed E-state index contributed by atoms with van der Waals surface area (Å²) in [4.78, 5) is 12.7. The van der Waals surface area contributed by atoms with E-state index >= 15 is 0 Å². The summed E-state index contributed by atoms with van der Waals surface area (Å²) in [5.74, 6) is -0.528. The van der Waals surface area contributed by atoms with Gasteiger partial charge in [-0.2, -0.15) is 0 Å². The van der Waals surface area contributed by atoms with Gasteiger partial charge in [0.15, 0.2) is 0 Å². The molecule has 0 saturated carbocycles. The summed E-state index contributed by atoms with van der Waals surface area (Å²) >= 11 is 0. The molecule has 0 aromatic heterocycles. The number of carbonyl (C=O) groups excluding carboxylic acids is 1. The molecule has 1 aliphatic heterocycles. The van der Waals surface area contributed by atoms with Gasteiger partial charge in [-0.25, -0.2) is 9.18 Å². The predicted molar refractivity (Wildman–Crippen MR) is 108 cm³/mol. The lowest BCUT2D eigenvalue weighted by atomic mass is 9.87. The number of hydrogen-bond donors (Lipinski definition) is 1. The smallest absolute Gasteiger partial charge is 0.338 e. The Morgan fingerprint density at radius 1 is 0.893 bits per heavy atom. The van der Waals surface area contributed by atoms with E-state index in [9.17, 15) is 9.18 Å². The maximum atomic E-state index is 13.2. The van der Waals surface area contributed by atoms with Crippen LogP contribution in [0.5, 0.6) is 0 Å². The third-order valence-electron chi connectivity index (χ3n) is 5.21. The zero-order valence-electron chi connectivity index (χ0n) is 15.5. The summed E-state index contributed by atoms with van der Waals surface area (Å²) < 4.78 is 19.1. The van der Waals surface area contributed by atoms with Crippen molar-refractivity contribution in [3.05, 3.63) is 95.8 Å². The average Bonchev–Trinajstić information content (AvgIpc) is 2.75. The molecule has 1 saturated heterocycles. The molecule has 1 aliphatic rings. The monoisotopic (exact) mass is 375 g/mol. The van der Waals surface area contributed by atoms with Gasteiger partial charge in [0, 0.05) is 12.5 Å². The molecular weight excluding hydrogens is 353 g/mol. The van der Waals surface area contributed by atoms with Crippen LogP contribution in [0.3, 0.4) is 0 Å². The van der Waals surface area contributed by atoms with Gasteiger partial charge in [0.1, 0.15) is 11.9 Å². The molecule has 2 atom stereocenters. The van der Waals surface area contributed by atoms with Crippen molar-refractivity contribution < 1.29 is 13.9 Å². The highest BCUT2D eigenvalue weighted by Gasteiger charge is 2.30. The Morgan fingerprint density at radius 3 is 2.29 bits per heavy atom. The first kappa shape index (κ1) is 18.4. The van der Waals surface area contributed by atoms with E-state index < -0.39 is 0 Å². The van der Waals surface area contributed by atoms with Crippen molar-refractivity contribution in [3.8, 4) is 11.1 Å². The van der Waals surface area contributed by atoms with Gasteiger partial charge in [-0.15, -0.1) is 0 Å². The maximum absolute atomic E-state index is 13.2. The Hall–Kier alpha value is -2.98. The number of halogens is 1. The van der Waals surface area contributed by atoms with E-state index in [-0.39, 0.29) is 23.8 Å². The summed E-state index contributed by atoms with van der Waals surface area (Å²) in [7, 11) is 0. The highest BCUT2D eigenvalue weighted by atomic mass is 19.1. The summed E-state index contributed by atoms with van der Waals surface area (Å²) in [6, 6.07) is 24.0. The zero-order valence-corrected chi connectivity index (χ0v) is 15.5. The average molecular weight is 375 g/mol. The SMILES string of the molecule is O=C(OC1CNCC[C@@H]1c1ccc(F)cc1)c1ccc(-c2ccccc2)cc1. The molecule has 28 heavy (non-hydrogen) atoms. The van der Waals surface area contributed by atoms with Crippen molar-refractivity contribution >= 4 is 5.97 Å². The first-order valence-electron chi connectivity index (χ1n) is 9.53. The van der Waals surface area contributed by atoms with Gasteiger partial charge in [0.2, 0.25) is 0 Å². The topological polar surface area (TPSA) is 38.3 Å². The molecule has 1 N–H and O–H groups in total. The molecule has 0 aliphatic carbocycles. The minimum Gasteiger partial charge on any atom is -0.457 e. The number of ether oxygens (including phenoxy) is 1. The second-order valence-electron chi connectivity index (χ2n) is 7.04. The fraction of sp³-hybridized carbons (Fsp3) is 0.208. The molecule has 0 amide bonds. The molecule has 142 valence electrons. The first-order valence-corrected chi connectivity index (χ1v) is 9.53. The summed E-state index contributed by atoms with van der Waals surface area (Å²) in [6.45, 7) is 1.44. The van der Waals surface area contributed by atoms with Gasteiger partial charge >= 0.3 is 5.97 Å². The van der Waals surface area contributed by atoms with Gasteiger partial charge in [-0.3, -0.25) is 0 Å². The van der Waals surface area contributed by atoms with Gasteiger partial charge in [-0.05, 0) is 53.9 Å². The Kier molecular flexibility index (Phi) is 5.49. The maximum Gasteiger partial charge on any atom is 0.338 e. The number of benzene rings is 3. The summed E-state index contributed by atoms with van der Waals surface area (Å²) in [6.07, 6.45) is 0.566. The fourth-order valence-corrected chi connectivity index (χ4v) is 3.68. The molecule has 3 aromatic rings. The van der Waals surface area contributed by atoms with Crippen LogP contribution in [-0.2, 0) is 4.74 Å². The van der Waals surface area contributed by atoms with E-state index in [1.807, 2.05) is 42.5 Å². The molecule has 1 heterocycles. The second kappa shape index (κ2) is 8.36. The minimum atomic E-state index is -0.333. The first-order chi connectivity index (χ1) is 13.7. The lowest BCUT2D eigenvalue weighted by Gasteiger charge is -2.32. The number of rotatable bonds is 4. The third kappa shape index (κ3) is 4.12. The molecule has 3 aromatic carbocycles. The van der Waals surface area contributed by atoms with E-state index in [1.54, 1.807) is 24.3 Å². The summed E-state index contributed by atoms with van der Waals surface area (Å²) in [5.41, 5.74) is 3.69. The van der Waals surface area contributed by atoms with Crippen molar-refractivity contribution in [2.45, 2.75) is 18.4 Å². The van der Waals surface area contributed by atoms with Crippen molar-refractivity contribution in [1.29, 1.82) is 0 Å². The van der Waals surface area contributed by atoms with Crippen LogP contribution in [0.4, 0.5) is 4.39 Å². The molecule has 3 nitrogen and oxygen atoms in total. The number of esters is 1. The minimum absolute atomic E-state index is 0.0643. The van der Waals surface area contributed by atoms with Crippen LogP contribution in [0.25, 0.3) is 11.1 Å². The van der Waals surface area contributed by atoms with Crippen LogP contribution in [0.15, 0.2) is 78.9 Å². The fourth-order valence-electron chi connectivity index (χ4n) is 3.68. The predicted octanol–water partition coefficient (Wildman–Crippen LogP) is 4.80. The molecule has 0 radical (unpaired) electrons. The number of carbonyl (C=O) groups is 1. The number of nitrogens with one attached hydrogen (secondary N) is 1. The third-order valence-corrected chi connectivity index (χ3v) is 5.21. The van der Waals surface area contributed by atoms with Gasteiger partial charge in [0.25, 0.3) is 0 Å². The Morgan fingerprint density at radius 2 is 1.57 bits per heavy atom. The van der Waals surface area contributed by atoms with Crippen molar-refractivity contribution in [2.75, 3.05) is 13.1 Å². The van der Waals surface area contributed by atoms with E-state index in [1.165, 1.54) is 12.1 Å². The van der Waals surface area contributed by atoms with Gasteiger partial charge in [-0.1, -0.05) is 54.6 Å². The van der Waals surface area contributed by atoms with Crippen LogP contribution in [-0.4, -0.2) is 25.2 Å². The molecule has 0 spiro atoms. The van der Waals surface area contributed by atoms with Gasteiger partial charge in [0.05, 0.1) is 5.56 Å². The Bertz CT molecular complexity index is 923. The Labute approximate surface area is 164 Å². The van der Waals surface area contributed by atoms with Crippen molar-refractivity contribution in [3.63, 3.8) is 0 Å². The van der Waals surface area contributed by atoms with E-state index in [0.717, 1.165) is 29.7 Å². The zero-order chi connectivity index (χ0) is 19.3. The second-order valence-corrected chi connectivity index (χ2v) is 7.04. The lowest BCUT2D eigenvalue weighted by molar-refractivity contribution is 0.0182. The van der Waals surface area contributed by atoms with E-state index in [0.29, 0.717) is 12.1 Å². The van der Waals surface area contributed by atoms with Crippen LogP contribution < -0.4 is 5.32 Å². The highest BCUT2D eigenvalue weighted by molar-refractivity contribution is 5.90. The van der Waals surface area contributed by atoms with Crippen molar-refractivity contribution in [2.24, 2.45) is 0 Å². The van der Waals surface area contributed by atoms with E-state index in [2.05, 4.69) is 5.32 Å². The number of hydrogen-bond acceptors (Lipinski definition) is 3. The quantitative estimate of drug-likeness (QED) is 0.666.